The van der Waals surface area contributed by atoms with Crippen molar-refractivity contribution in [3.05, 3.63) is 54.2 Å². The van der Waals surface area contributed by atoms with Crippen molar-refractivity contribution in [3.63, 3.8) is 0 Å². The topological polar surface area (TPSA) is 55.6 Å². The van der Waals surface area contributed by atoms with Gasteiger partial charge in [0.2, 0.25) is 0 Å². The number of aromatic nitrogens is 4. The number of hydrogen-bond donors (Lipinski definition) is 1. The van der Waals surface area contributed by atoms with Crippen molar-refractivity contribution in [2.24, 2.45) is 7.05 Å². The van der Waals surface area contributed by atoms with Crippen LogP contribution in [-0.2, 0) is 20.1 Å². The van der Waals surface area contributed by atoms with Gasteiger partial charge in [0.05, 0.1) is 12.1 Å². The van der Waals surface area contributed by atoms with Gasteiger partial charge in [-0.1, -0.05) is 18.2 Å². The minimum absolute atomic E-state index is 0.702. The predicted molar refractivity (Wildman–Crippen MR) is 73.3 cm³/mol. The summed E-state index contributed by atoms with van der Waals surface area (Å²) in [5.41, 5.74) is 2.27. The fourth-order valence-electron chi connectivity index (χ4n) is 2.09. The second-order valence-corrected chi connectivity index (χ2v) is 4.45. The van der Waals surface area contributed by atoms with E-state index in [1.807, 2.05) is 42.1 Å². The monoisotopic (exact) mass is 253 g/mol. The van der Waals surface area contributed by atoms with Crippen LogP contribution in [0.4, 0.5) is 0 Å². The van der Waals surface area contributed by atoms with E-state index in [0.717, 1.165) is 17.9 Å². The molecule has 1 aromatic carbocycles. The Morgan fingerprint density at radius 3 is 2.89 bits per heavy atom. The molecule has 0 aliphatic carbocycles. The van der Waals surface area contributed by atoms with Gasteiger partial charge in [0, 0.05) is 25.2 Å². The third-order valence-corrected chi connectivity index (χ3v) is 3.14. The summed E-state index contributed by atoms with van der Waals surface area (Å²) in [5.74, 6) is 0.929. The van der Waals surface area contributed by atoms with Crippen molar-refractivity contribution >= 4 is 10.9 Å². The highest BCUT2D eigenvalue weighted by molar-refractivity contribution is 5.81. The maximum absolute atomic E-state index is 4.36. The third kappa shape index (κ3) is 2.46. The molecule has 5 heteroatoms. The highest BCUT2D eigenvalue weighted by Crippen LogP contribution is 2.15. The van der Waals surface area contributed by atoms with E-state index < -0.39 is 0 Å². The molecule has 2 heterocycles. The van der Waals surface area contributed by atoms with Gasteiger partial charge in [0.25, 0.3) is 0 Å². The van der Waals surface area contributed by atoms with Gasteiger partial charge in [0.15, 0.2) is 0 Å². The normalized spacial score (nSPS) is 11.0. The molecule has 0 aliphatic heterocycles. The first-order chi connectivity index (χ1) is 9.34. The van der Waals surface area contributed by atoms with E-state index in [9.17, 15) is 0 Å². The van der Waals surface area contributed by atoms with Gasteiger partial charge in [-0.15, -0.1) is 10.2 Å². The maximum Gasteiger partial charge on any atom is 0.146 e. The zero-order valence-corrected chi connectivity index (χ0v) is 10.7. The summed E-state index contributed by atoms with van der Waals surface area (Å²) in [6, 6.07) is 10.2. The Hall–Kier alpha value is -2.27. The molecule has 2 aromatic heterocycles. The van der Waals surface area contributed by atoms with Crippen molar-refractivity contribution in [2.45, 2.75) is 13.1 Å². The molecule has 0 saturated heterocycles. The van der Waals surface area contributed by atoms with Crippen LogP contribution in [0.3, 0.4) is 0 Å². The van der Waals surface area contributed by atoms with Gasteiger partial charge in [-0.05, 0) is 17.7 Å². The quantitative estimate of drug-likeness (QED) is 0.768. The minimum atomic E-state index is 0.702. The Kier molecular flexibility index (Phi) is 3.20. The number of benzene rings is 1. The maximum atomic E-state index is 4.36. The van der Waals surface area contributed by atoms with Crippen LogP contribution >= 0.6 is 0 Å². The second kappa shape index (κ2) is 5.16. The van der Waals surface area contributed by atoms with Crippen LogP contribution in [0.25, 0.3) is 10.9 Å². The lowest BCUT2D eigenvalue weighted by Gasteiger charge is -2.07. The van der Waals surface area contributed by atoms with Gasteiger partial charge in [-0.2, -0.15) is 0 Å². The van der Waals surface area contributed by atoms with Crippen molar-refractivity contribution in [1.29, 1.82) is 0 Å². The van der Waals surface area contributed by atoms with Crippen LogP contribution in [0, 0.1) is 0 Å². The molecule has 0 atom stereocenters. The molecule has 1 N–H and O–H groups in total. The van der Waals surface area contributed by atoms with E-state index >= 15 is 0 Å². The molecule has 0 spiro atoms. The molecule has 19 heavy (non-hydrogen) atoms. The molecule has 0 fully saturated rings. The van der Waals surface area contributed by atoms with Crippen LogP contribution in [0.15, 0.2) is 42.9 Å². The van der Waals surface area contributed by atoms with Crippen LogP contribution in [0.2, 0.25) is 0 Å². The number of para-hydroxylation sites is 1. The predicted octanol–water partition coefficient (Wildman–Crippen LogP) is 1.65. The summed E-state index contributed by atoms with van der Waals surface area (Å²) in [5, 5.41) is 12.5. The first-order valence-corrected chi connectivity index (χ1v) is 6.21. The van der Waals surface area contributed by atoms with E-state index in [4.69, 9.17) is 0 Å². The Balaban J connectivity index is 1.74. The summed E-state index contributed by atoms with van der Waals surface area (Å²) in [7, 11) is 1.94. The van der Waals surface area contributed by atoms with Crippen molar-refractivity contribution < 1.29 is 0 Å². The summed E-state index contributed by atoms with van der Waals surface area (Å²) in [6.45, 7) is 1.49. The fraction of sp³-hybridized carbons (Fsp3) is 0.214. The molecule has 0 radical (unpaired) electrons. The summed E-state index contributed by atoms with van der Waals surface area (Å²) >= 11 is 0. The molecule has 3 rings (SSSR count). The van der Waals surface area contributed by atoms with E-state index in [2.05, 4.69) is 26.6 Å². The van der Waals surface area contributed by atoms with Crippen molar-refractivity contribution in [3.8, 4) is 0 Å². The van der Waals surface area contributed by atoms with E-state index in [-0.39, 0.29) is 0 Å². The Bertz CT molecular complexity index is 684. The largest absolute Gasteiger partial charge is 0.320 e. The van der Waals surface area contributed by atoms with Crippen LogP contribution < -0.4 is 5.32 Å². The molecular formula is C14H15N5. The number of nitrogens with zero attached hydrogens (tertiary/aromatic N) is 4. The molecule has 96 valence electrons. The van der Waals surface area contributed by atoms with E-state index in [1.165, 1.54) is 10.9 Å². The number of hydrogen-bond acceptors (Lipinski definition) is 4. The first-order valence-electron chi connectivity index (χ1n) is 6.21. The molecule has 0 saturated carbocycles. The number of fused-ring (bicyclic) bond motifs is 1. The lowest BCUT2D eigenvalue weighted by Crippen LogP contribution is -2.16. The van der Waals surface area contributed by atoms with Gasteiger partial charge in [0.1, 0.15) is 12.2 Å². The molecular weight excluding hydrogens is 238 g/mol. The average Bonchev–Trinajstić information content (AvgIpc) is 2.85. The third-order valence-electron chi connectivity index (χ3n) is 3.14. The van der Waals surface area contributed by atoms with Crippen molar-refractivity contribution in [2.75, 3.05) is 0 Å². The summed E-state index contributed by atoms with van der Waals surface area (Å²) in [6.07, 6.45) is 3.56. The summed E-state index contributed by atoms with van der Waals surface area (Å²) in [4.78, 5) is 4.36. The SMILES string of the molecule is Cn1cnnc1CNCc1ccnc2ccccc12. The molecule has 0 amide bonds. The smallest absolute Gasteiger partial charge is 0.146 e. The standard InChI is InChI=1S/C14H15N5/c1-19-10-17-18-14(19)9-15-8-11-6-7-16-13-5-3-2-4-12(11)13/h2-7,10,15H,8-9H2,1H3. The van der Waals surface area contributed by atoms with Gasteiger partial charge < -0.3 is 9.88 Å². The van der Waals surface area contributed by atoms with Crippen molar-refractivity contribution in [1.82, 2.24) is 25.1 Å². The van der Waals surface area contributed by atoms with Crippen LogP contribution in [0.1, 0.15) is 11.4 Å². The van der Waals surface area contributed by atoms with Crippen LogP contribution in [0.5, 0.6) is 0 Å². The lowest BCUT2D eigenvalue weighted by atomic mass is 10.1. The number of pyridine rings is 1. The zero-order valence-electron chi connectivity index (χ0n) is 10.7. The zero-order chi connectivity index (χ0) is 13.1. The second-order valence-electron chi connectivity index (χ2n) is 4.45. The minimum Gasteiger partial charge on any atom is -0.320 e. The van der Waals surface area contributed by atoms with E-state index in [1.54, 1.807) is 6.33 Å². The highest BCUT2D eigenvalue weighted by atomic mass is 15.3. The Morgan fingerprint density at radius 2 is 2.05 bits per heavy atom. The van der Waals surface area contributed by atoms with Gasteiger partial charge >= 0.3 is 0 Å². The van der Waals surface area contributed by atoms with Gasteiger partial charge in [-0.25, -0.2) is 0 Å². The number of rotatable bonds is 4. The molecule has 0 aliphatic rings. The molecule has 0 unspecified atom stereocenters. The molecule has 0 bridgehead atoms. The molecule has 5 nitrogen and oxygen atoms in total. The fourth-order valence-corrected chi connectivity index (χ4v) is 2.09. The van der Waals surface area contributed by atoms with Crippen LogP contribution in [-0.4, -0.2) is 19.7 Å². The van der Waals surface area contributed by atoms with Gasteiger partial charge in [-0.3, -0.25) is 4.98 Å². The Morgan fingerprint density at radius 1 is 1.16 bits per heavy atom. The Labute approximate surface area is 111 Å². The number of nitrogens with one attached hydrogen (secondary N) is 1. The first kappa shape index (κ1) is 11.8. The number of aryl methyl sites for hydroxylation is 1. The van der Waals surface area contributed by atoms with E-state index in [0.29, 0.717) is 6.54 Å². The summed E-state index contributed by atoms with van der Waals surface area (Å²) < 4.78 is 1.91. The highest BCUT2D eigenvalue weighted by Gasteiger charge is 2.03. The lowest BCUT2D eigenvalue weighted by molar-refractivity contribution is 0.639. The average molecular weight is 253 g/mol. The molecule has 3 aromatic rings.